The molecule has 0 bridgehead atoms. The number of aryl methyl sites for hydroxylation is 3. The monoisotopic (exact) mass is 367 g/mol. The number of rotatable bonds is 4. The molecule has 26 heavy (non-hydrogen) atoms. The molecule has 3 aromatic rings. The average Bonchev–Trinajstić information content (AvgIpc) is 3.25. The number of anilines is 1. The number of nitrogens with zero attached hydrogens (tertiary/aromatic N) is 2. The molecule has 1 N–H and O–H groups in total. The van der Waals surface area contributed by atoms with Crippen molar-refractivity contribution in [3.63, 3.8) is 0 Å². The van der Waals surface area contributed by atoms with Crippen LogP contribution < -0.4 is 10.1 Å². The number of fused-ring (bicyclic) bond motifs is 1. The van der Waals surface area contributed by atoms with E-state index in [1.807, 2.05) is 37.3 Å². The first-order valence-corrected chi connectivity index (χ1v) is 9.58. The number of hydrogen-bond donors (Lipinski definition) is 1. The summed E-state index contributed by atoms with van der Waals surface area (Å²) in [6, 6.07) is 9.72. The number of aromatic nitrogens is 2. The van der Waals surface area contributed by atoms with Gasteiger partial charge in [0.05, 0.1) is 12.8 Å². The second-order valence-electron chi connectivity index (χ2n) is 6.48. The van der Waals surface area contributed by atoms with Gasteiger partial charge in [0.1, 0.15) is 16.5 Å². The standard InChI is InChI=1S/C20H21N3O2S/c1-13-10-17(25-2)19(26-13)20(24)21-15-7-5-6-14(11-15)16-12-23-9-4-3-8-18(23)22-16/h5-7,10-12H,3-4,8-9H2,1-2H3,(H,21,24). The molecule has 5 nitrogen and oxygen atoms in total. The Morgan fingerprint density at radius 2 is 2.19 bits per heavy atom. The number of thiophene rings is 1. The van der Waals surface area contributed by atoms with Crippen LogP contribution in [-0.4, -0.2) is 22.6 Å². The van der Waals surface area contributed by atoms with Crippen LogP contribution in [0.25, 0.3) is 11.3 Å². The molecule has 0 spiro atoms. The topological polar surface area (TPSA) is 56.1 Å². The Kier molecular flexibility index (Phi) is 4.51. The molecular formula is C20H21N3O2S. The first-order valence-electron chi connectivity index (χ1n) is 8.76. The third-order valence-corrected chi connectivity index (χ3v) is 5.60. The maximum atomic E-state index is 12.6. The SMILES string of the molecule is COc1cc(C)sc1C(=O)Nc1cccc(-c2cn3c(n2)CCCC3)c1. The highest BCUT2D eigenvalue weighted by molar-refractivity contribution is 7.14. The van der Waals surface area contributed by atoms with Crippen LogP contribution in [0.1, 0.15) is 33.2 Å². The second-order valence-corrected chi connectivity index (χ2v) is 7.74. The van der Waals surface area contributed by atoms with E-state index < -0.39 is 0 Å². The molecule has 0 atom stereocenters. The lowest BCUT2D eigenvalue weighted by Gasteiger charge is -2.11. The smallest absolute Gasteiger partial charge is 0.269 e. The Morgan fingerprint density at radius 3 is 3.00 bits per heavy atom. The van der Waals surface area contributed by atoms with Crippen molar-refractivity contribution >= 4 is 22.9 Å². The molecule has 1 amide bonds. The van der Waals surface area contributed by atoms with Gasteiger partial charge in [-0.3, -0.25) is 4.79 Å². The van der Waals surface area contributed by atoms with Gasteiger partial charge in [0.15, 0.2) is 0 Å². The number of nitrogens with one attached hydrogen (secondary N) is 1. The van der Waals surface area contributed by atoms with Crippen LogP contribution in [0.15, 0.2) is 36.5 Å². The fourth-order valence-electron chi connectivity index (χ4n) is 3.30. The third kappa shape index (κ3) is 3.24. The predicted octanol–water partition coefficient (Wildman–Crippen LogP) is 4.52. The Labute approximate surface area is 156 Å². The van der Waals surface area contributed by atoms with Gasteiger partial charge >= 0.3 is 0 Å². The van der Waals surface area contributed by atoms with Gasteiger partial charge in [0, 0.05) is 35.3 Å². The number of carbonyl (C=O) groups is 1. The van der Waals surface area contributed by atoms with Crippen LogP contribution in [0.2, 0.25) is 0 Å². The lowest BCUT2D eigenvalue weighted by molar-refractivity contribution is 0.102. The van der Waals surface area contributed by atoms with Crippen LogP contribution in [0.5, 0.6) is 5.75 Å². The summed E-state index contributed by atoms with van der Waals surface area (Å²) in [4.78, 5) is 19.0. The highest BCUT2D eigenvalue weighted by Gasteiger charge is 2.17. The summed E-state index contributed by atoms with van der Waals surface area (Å²) < 4.78 is 7.54. The first-order chi connectivity index (χ1) is 12.6. The molecule has 6 heteroatoms. The summed E-state index contributed by atoms with van der Waals surface area (Å²) in [5.41, 5.74) is 2.73. The number of methoxy groups -OCH3 is 1. The fourth-order valence-corrected chi connectivity index (χ4v) is 4.17. The molecule has 0 fully saturated rings. The Morgan fingerprint density at radius 1 is 1.31 bits per heavy atom. The van der Waals surface area contributed by atoms with Crippen molar-refractivity contribution in [1.82, 2.24) is 9.55 Å². The molecular weight excluding hydrogens is 346 g/mol. The summed E-state index contributed by atoms with van der Waals surface area (Å²) in [7, 11) is 1.58. The minimum Gasteiger partial charge on any atom is -0.495 e. The first kappa shape index (κ1) is 16.8. The quantitative estimate of drug-likeness (QED) is 0.738. The largest absolute Gasteiger partial charge is 0.495 e. The molecule has 1 aromatic carbocycles. The summed E-state index contributed by atoms with van der Waals surface area (Å²) >= 11 is 1.43. The molecule has 2 aromatic heterocycles. The summed E-state index contributed by atoms with van der Waals surface area (Å²) in [5, 5.41) is 2.98. The van der Waals surface area contributed by atoms with E-state index in [0.29, 0.717) is 10.6 Å². The number of carbonyl (C=O) groups excluding carboxylic acids is 1. The zero-order valence-electron chi connectivity index (χ0n) is 14.9. The van der Waals surface area contributed by atoms with Gasteiger partial charge in [-0.05, 0) is 38.0 Å². The lowest BCUT2D eigenvalue weighted by Crippen LogP contribution is -2.11. The second kappa shape index (κ2) is 6.96. The third-order valence-electron chi connectivity index (χ3n) is 4.57. The molecule has 4 rings (SSSR count). The van der Waals surface area contributed by atoms with Gasteiger partial charge in [0.25, 0.3) is 5.91 Å². The van der Waals surface area contributed by atoms with E-state index in [1.54, 1.807) is 7.11 Å². The maximum absolute atomic E-state index is 12.6. The summed E-state index contributed by atoms with van der Waals surface area (Å²) in [5.74, 6) is 1.61. The fraction of sp³-hybridized carbons (Fsp3) is 0.300. The van der Waals surface area contributed by atoms with Crippen molar-refractivity contribution in [3.8, 4) is 17.0 Å². The molecule has 134 valence electrons. The molecule has 0 saturated heterocycles. The molecule has 1 aliphatic rings. The van der Waals surface area contributed by atoms with Crippen LogP contribution in [0.4, 0.5) is 5.69 Å². The van der Waals surface area contributed by atoms with Crippen LogP contribution >= 0.6 is 11.3 Å². The van der Waals surface area contributed by atoms with Crippen LogP contribution in [0.3, 0.4) is 0 Å². The minimum atomic E-state index is -0.152. The molecule has 0 saturated carbocycles. The Balaban J connectivity index is 1.58. The number of ether oxygens (including phenoxy) is 1. The van der Waals surface area contributed by atoms with Crippen molar-refractivity contribution in [2.45, 2.75) is 32.7 Å². The highest BCUT2D eigenvalue weighted by atomic mass is 32.1. The molecule has 1 aliphatic heterocycles. The van der Waals surface area contributed by atoms with E-state index in [2.05, 4.69) is 16.1 Å². The van der Waals surface area contributed by atoms with Crippen molar-refractivity contribution in [3.05, 3.63) is 52.1 Å². The van der Waals surface area contributed by atoms with Crippen molar-refractivity contribution in [1.29, 1.82) is 0 Å². The zero-order chi connectivity index (χ0) is 18.1. The highest BCUT2D eigenvalue weighted by Crippen LogP contribution is 2.30. The Hall–Kier alpha value is -2.60. The van der Waals surface area contributed by atoms with E-state index in [4.69, 9.17) is 9.72 Å². The number of imidazole rings is 1. The van der Waals surface area contributed by atoms with Crippen molar-refractivity contribution in [2.24, 2.45) is 0 Å². The lowest BCUT2D eigenvalue weighted by atomic mass is 10.1. The Bertz CT molecular complexity index is 934. The van der Waals surface area contributed by atoms with Crippen molar-refractivity contribution < 1.29 is 9.53 Å². The van der Waals surface area contributed by atoms with E-state index in [9.17, 15) is 4.79 Å². The van der Waals surface area contributed by atoms with E-state index >= 15 is 0 Å². The van der Waals surface area contributed by atoms with Gasteiger partial charge in [-0.25, -0.2) is 4.98 Å². The van der Waals surface area contributed by atoms with E-state index in [-0.39, 0.29) is 5.91 Å². The zero-order valence-corrected chi connectivity index (χ0v) is 15.7. The molecule has 0 radical (unpaired) electrons. The molecule has 0 aliphatic carbocycles. The van der Waals surface area contributed by atoms with Gasteiger partial charge in [0.2, 0.25) is 0 Å². The van der Waals surface area contributed by atoms with Crippen LogP contribution in [-0.2, 0) is 13.0 Å². The van der Waals surface area contributed by atoms with Gasteiger partial charge < -0.3 is 14.6 Å². The summed E-state index contributed by atoms with van der Waals surface area (Å²) in [6.07, 6.45) is 5.56. The number of amides is 1. The van der Waals surface area contributed by atoms with E-state index in [1.165, 1.54) is 24.2 Å². The van der Waals surface area contributed by atoms with Gasteiger partial charge in [-0.15, -0.1) is 11.3 Å². The number of benzene rings is 1. The van der Waals surface area contributed by atoms with Gasteiger partial charge in [-0.1, -0.05) is 12.1 Å². The van der Waals surface area contributed by atoms with Crippen LogP contribution in [0, 0.1) is 6.92 Å². The number of hydrogen-bond acceptors (Lipinski definition) is 4. The van der Waals surface area contributed by atoms with Crippen molar-refractivity contribution in [2.75, 3.05) is 12.4 Å². The average molecular weight is 367 g/mol. The predicted molar refractivity (Wildman–Crippen MR) is 104 cm³/mol. The molecule has 0 unspecified atom stereocenters. The summed E-state index contributed by atoms with van der Waals surface area (Å²) in [6.45, 7) is 3.00. The normalized spacial score (nSPS) is 13.3. The molecule has 3 heterocycles. The minimum absolute atomic E-state index is 0.152. The van der Waals surface area contributed by atoms with E-state index in [0.717, 1.165) is 40.6 Å². The van der Waals surface area contributed by atoms with Gasteiger partial charge in [-0.2, -0.15) is 0 Å². The maximum Gasteiger partial charge on any atom is 0.269 e.